The lowest BCUT2D eigenvalue weighted by Gasteiger charge is -2.29. The van der Waals surface area contributed by atoms with Crippen molar-refractivity contribution in [2.75, 3.05) is 6.61 Å². The number of nitrogens with zero attached hydrogens (tertiary/aromatic N) is 3. The first-order chi connectivity index (χ1) is 9.83. The zero-order chi connectivity index (χ0) is 14.2. The van der Waals surface area contributed by atoms with Crippen molar-refractivity contribution in [3.8, 4) is 0 Å². The number of hydrogen-bond acceptors (Lipinski definition) is 4. The van der Waals surface area contributed by atoms with Crippen molar-refractivity contribution in [1.29, 1.82) is 0 Å². The zero-order valence-corrected chi connectivity index (χ0v) is 11.8. The number of hydrogen-bond donors (Lipinski definition) is 1. The molecular weight excluding hydrogens is 250 g/mol. The molecule has 2 rings (SSSR count). The Kier molecular flexibility index (Phi) is 5.65. The van der Waals surface area contributed by atoms with Crippen LogP contribution in [0.4, 0.5) is 0 Å². The van der Waals surface area contributed by atoms with E-state index in [-0.39, 0.29) is 12.6 Å². The fraction of sp³-hybridized carbons (Fsp3) is 0.375. The van der Waals surface area contributed by atoms with Crippen LogP contribution in [0.1, 0.15) is 24.6 Å². The number of pyridine rings is 2. The van der Waals surface area contributed by atoms with Crippen LogP contribution in [0.2, 0.25) is 0 Å². The molecule has 2 aromatic heterocycles. The number of aliphatic hydroxyl groups is 1. The summed E-state index contributed by atoms with van der Waals surface area (Å²) < 4.78 is 0. The Labute approximate surface area is 120 Å². The first-order valence-electron chi connectivity index (χ1n) is 6.97. The second kappa shape index (κ2) is 7.72. The normalized spacial score (nSPS) is 12.6. The molecule has 4 nitrogen and oxygen atoms in total. The summed E-state index contributed by atoms with van der Waals surface area (Å²) in [6, 6.07) is 10.1. The molecule has 2 aromatic rings. The third-order valence-corrected chi connectivity index (χ3v) is 3.40. The lowest BCUT2D eigenvalue weighted by Crippen LogP contribution is -2.36. The van der Waals surface area contributed by atoms with Crippen LogP contribution in [0, 0.1) is 0 Å². The highest BCUT2D eigenvalue weighted by Crippen LogP contribution is 2.13. The van der Waals surface area contributed by atoms with Crippen molar-refractivity contribution in [1.82, 2.24) is 14.9 Å². The Morgan fingerprint density at radius 2 is 2.05 bits per heavy atom. The smallest absolute Gasteiger partial charge is 0.0587 e. The van der Waals surface area contributed by atoms with E-state index in [1.54, 1.807) is 12.4 Å². The molecule has 0 aliphatic carbocycles. The predicted octanol–water partition coefficient (Wildman–Crippen LogP) is 2.25. The second-order valence-corrected chi connectivity index (χ2v) is 4.83. The van der Waals surface area contributed by atoms with E-state index in [9.17, 15) is 5.11 Å². The maximum Gasteiger partial charge on any atom is 0.0587 e. The highest BCUT2D eigenvalue weighted by atomic mass is 16.3. The molecule has 2 heterocycles. The monoisotopic (exact) mass is 271 g/mol. The Bertz CT molecular complexity index is 444. The van der Waals surface area contributed by atoms with Crippen LogP contribution in [-0.4, -0.2) is 32.6 Å². The van der Waals surface area contributed by atoms with E-state index >= 15 is 0 Å². The van der Waals surface area contributed by atoms with Gasteiger partial charge in [-0.15, -0.1) is 0 Å². The van der Waals surface area contributed by atoms with Gasteiger partial charge in [0.05, 0.1) is 12.3 Å². The van der Waals surface area contributed by atoms with Gasteiger partial charge in [0.2, 0.25) is 0 Å². The Morgan fingerprint density at radius 3 is 2.65 bits per heavy atom. The molecule has 4 heteroatoms. The summed E-state index contributed by atoms with van der Waals surface area (Å²) in [4.78, 5) is 10.8. The summed E-state index contributed by atoms with van der Waals surface area (Å²) in [5.74, 6) is 0. The lowest BCUT2D eigenvalue weighted by atomic mass is 10.1. The number of aliphatic hydroxyl groups excluding tert-OH is 1. The molecule has 106 valence electrons. The Balaban J connectivity index is 2.12. The molecule has 0 spiro atoms. The van der Waals surface area contributed by atoms with Gasteiger partial charge in [0.1, 0.15) is 0 Å². The zero-order valence-electron chi connectivity index (χ0n) is 11.8. The minimum absolute atomic E-state index is 0.136. The predicted molar refractivity (Wildman–Crippen MR) is 78.9 cm³/mol. The molecule has 0 aromatic carbocycles. The summed E-state index contributed by atoms with van der Waals surface area (Å²) in [6.45, 7) is 3.75. The molecule has 0 fully saturated rings. The molecule has 20 heavy (non-hydrogen) atoms. The van der Waals surface area contributed by atoms with Gasteiger partial charge in [-0.2, -0.15) is 0 Å². The van der Waals surface area contributed by atoms with Crippen molar-refractivity contribution >= 4 is 0 Å². The summed E-state index contributed by atoms with van der Waals surface area (Å²) in [6.07, 6.45) is 6.35. The first kappa shape index (κ1) is 14.6. The molecule has 1 N–H and O–H groups in total. The van der Waals surface area contributed by atoms with Crippen LogP contribution >= 0.6 is 0 Å². The maximum absolute atomic E-state index is 9.57. The van der Waals surface area contributed by atoms with Gasteiger partial charge in [-0.05, 0) is 30.2 Å². The standard InChI is InChI=1S/C16H21N3O/c1-2-16(13-20)19(11-14-6-5-8-17-10-14)12-15-7-3-4-9-18-15/h3-10,16,20H,2,11-13H2,1H3/t16-/m1/s1. The molecule has 1 atom stereocenters. The Hall–Kier alpha value is -1.78. The molecule has 0 saturated heterocycles. The maximum atomic E-state index is 9.57. The van der Waals surface area contributed by atoms with Crippen molar-refractivity contribution < 1.29 is 5.11 Å². The number of rotatable bonds is 7. The van der Waals surface area contributed by atoms with Gasteiger partial charge in [0, 0.05) is 37.7 Å². The van der Waals surface area contributed by atoms with E-state index in [0.717, 1.165) is 30.8 Å². The average Bonchev–Trinajstić information content (AvgIpc) is 2.50. The van der Waals surface area contributed by atoms with Gasteiger partial charge in [-0.3, -0.25) is 14.9 Å². The van der Waals surface area contributed by atoms with Gasteiger partial charge in [0.15, 0.2) is 0 Å². The number of aromatic nitrogens is 2. The van der Waals surface area contributed by atoms with Crippen LogP contribution in [0.3, 0.4) is 0 Å². The molecule has 0 unspecified atom stereocenters. The fourth-order valence-electron chi connectivity index (χ4n) is 2.24. The molecule has 0 bridgehead atoms. The van der Waals surface area contributed by atoms with Gasteiger partial charge in [0.25, 0.3) is 0 Å². The van der Waals surface area contributed by atoms with Crippen LogP contribution < -0.4 is 0 Å². The van der Waals surface area contributed by atoms with Crippen molar-refractivity contribution in [2.45, 2.75) is 32.5 Å². The summed E-state index contributed by atoms with van der Waals surface area (Å²) >= 11 is 0. The van der Waals surface area contributed by atoms with Gasteiger partial charge < -0.3 is 5.11 Å². The molecule has 0 aliphatic rings. The van der Waals surface area contributed by atoms with Crippen LogP contribution in [0.25, 0.3) is 0 Å². The van der Waals surface area contributed by atoms with Crippen LogP contribution in [0.15, 0.2) is 48.9 Å². The average molecular weight is 271 g/mol. The third kappa shape index (κ3) is 4.11. The van der Waals surface area contributed by atoms with Gasteiger partial charge >= 0.3 is 0 Å². The van der Waals surface area contributed by atoms with Crippen molar-refractivity contribution in [3.05, 3.63) is 60.2 Å². The fourth-order valence-corrected chi connectivity index (χ4v) is 2.24. The molecular formula is C16H21N3O. The van der Waals surface area contributed by atoms with Crippen molar-refractivity contribution in [2.24, 2.45) is 0 Å². The van der Waals surface area contributed by atoms with E-state index < -0.39 is 0 Å². The minimum atomic E-state index is 0.136. The van der Waals surface area contributed by atoms with E-state index in [2.05, 4.69) is 27.9 Å². The second-order valence-electron chi connectivity index (χ2n) is 4.83. The minimum Gasteiger partial charge on any atom is -0.395 e. The Morgan fingerprint density at radius 1 is 1.15 bits per heavy atom. The summed E-state index contributed by atoms with van der Waals surface area (Å²) in [5, 5.41) is 9.57. The van der Waals surface area contributed by atoms with E-state index in [4.69, 9.17) is 0 Å². The molecule has 0 saturated carbocycles. The highest BCUT2D eigenvalue weighted by Gasteiger charge is 2.17. The third-order valence-electron chi connectivity index (χ3n) is 3.40. The molecule has 0 amide bonds. The van der Waals surface area contributed by atoms with Gasteiger partial charge in [-0.25, -0.2) is 0 Å². The van der Waals surface area contributed by atoms with E-state index in [1.165, 1.54) is 0 Å². The highest BCUT2D eigenvalue weighted by molar-refractivity contribution is 5.10. The van der Waals surface area contributed by atoms with E-state index in [1.807, 2.05) is 30.5 Å². The SMILES string of the molecule is CC[C@H](CO)N(Cc1cccnc1)Cc1ccccn1. The van der Waals surface area contributed by atoms with E-state index in [0.29, 0.717) is 0 Å². The first-order valence-corrected chi connectivity index (χ1v) is 6.97. The molecule has 0 aliphatic heterocycles. The van der Waals surface area contributed by atoms with Crippen LogP contribution in [0.5, 0.6) is 0 Å². The van der Waals surface area contributed by atoms with Crippen LogP contribution in [-0.2, 0) is 13.1 Å². The lowest BCUT2D eigenvalue weighted by molar-refractivity contribution is 0.105. The topological polar surface area (TPSA) is 49.2 Å². The molecule has 0 radical (unpaired) electrons. The quantitative estimate of drug-likeness (QED) is 0.839. The van der Waals surface area contributed by atoms with Crippen molar-refractivity contribution in [3.63, 3.8) is 0 Å². The summed E-state index contributed by atoms with van der Waals surface area (Å²) in [5.41, 5.74) is 2.17. The van der Waals surface area contributed by atoms with Gasteiger partial charge in [-0.1, -0.05) is 19.1 Å². The summed E-state index contributed by atoms with van der Waals surface area (Å²) in [7, 11) is 0. The largest absolute Gasteiger partial charge is 0.395 e.